The lowest BCUT2D eigenvalue weighted by atomic mass is 10.0. The van der Waals surface area contributed by atoms with E-state index in [0.717, 1.165) is 24.1 Å². The summed E-state index contributed by atoms with van der Waals surface area (Å²) in [5.74, 6) is 0.453. The normalized spacial score (nSPS) is 15.0. The van der Waals surface area contributed by atoms with E-state index in [0.29, 0.717) is 23.2 Å². The minimum Gasteiger partial charge on any atom is -0.316 e. The first-order chi connectivity index (χ1) is 7.26. The van der Waals surface area contributed by atoms with E-state index in [9.17, 15) is 0 Å². The second-order valence-electron chi connectivity index (χ2n) is 3.78. The Hall–Kier alpha value is -1.11. The number of hydrogen-bond donors (Lipinski definition) is 1. The molecule has 0 aliphatic heterocycles. The summed E-state index contributed by atoms with van der Waals surface area (Å²) in [5.41, 5.74) is 2.54. The van der Waals surface area contributed by atoms with Crippen molar-refractivity contribution in [1.82, 2.24) is 10.3 Å². The van der Waals surface area contributed by atoms with Crippen LogP contribution in [0.15, 0.2) is 6.07 Å². The Morgan fingerprint density at radius 1 is 1.67 bits per heavy atom. The van der Waals surface area contributed by atoms with Crippen molar-refractivity contribution in [3.05, 3.63) is 28.0 Å². The Morgan fingerprint density at radius 3 is 2.93 bits per heavy atom. The number of rotatable bonds is 3. The largest absolute Gasteiger partial charge is 0.316 e. The smallest absolute Gasteiger partial charge is 0.129 e. The van der Waals surface area contributed by atoms with Crippen molar-refractivity contribution in [1.29, 1.82) is 5.26 Å². The van der Waals surface area contributed by atoms with Gasteiger partial charge in [-0.15, -0.1) is 0 Å². The van der Waals surface area contributed by atoms with Crippen molar-refractivity contribution in [2.45, 2.75) is 25.3 Å². The summed E-state index contributed by atoms with van der Waals surface area (Å²) in [6.45, 7) is 0.658. The molecule has 1 aliphatic carbocycles. The van der Waals surface area contributed by atoms with E-state index in [2.05, 4.69) is 16.4 Å². The molecule has 1 fully saturated rings. The van der Waals surface area contributed by atoms with Crippen LogP contribution in [0.4, 0.5) is 0 Å². The monoisotopic (exact) mass is 221 g/mol. The third kappa shape index (κ3) is 2.11. The van der Waals surface area contributed by atoms with Crippen molar-refractivity contribution in [3.8, 4) is 6.07 Å². The summed E-state index contributed by atoms with van der Waals surface area (Å²) in [6.07, 6.45) is 2.25. The second-order valence-corrected chi connectivity index (χ2v) is 4.17. The first-order valence-electron chi connectivity index (χ1n) is 5.00. The predicted molar refractivity (Wildman–Crippen MR) is 58.7 cm³/mol. The topological polar surface area (TPSA) is 48.7 Å². The molecule has 0 radical (unpaired) electrons. The highest BCUT2D eigenvalue weighted by atomic mass is 35.5. The zero-order valence-electron chi connectivity index (χ0n) is 8.55. The number of pyridine rings is 1. The van der Waals surface area contributed by atoms with Gasteiger partial charge in [0.2, 0.25) is 0 Å². The van der Waals surface area contributed by atoms with Gasteiger partial charge in [0, 0.05) is 12.5 Å². The lowest BCUT2D eigenvalue weighted by Gasteiger charge is -2.08. The first kappa shape index (κ1) is 10.4. The number of nitrogens with zero attached hydrogens (tertiary/aromatic N) is 2. The van der Waals surface area contributed by atoms with E-state index < -0.39 is 0 Å². The van der Waals surface area contributed by atoms with Crippen LogP contribution in [0.25, 0.3) is 0 Å². The molecule has 0 unspecified atom stereocenters. The van der Waals surface area contributed by atoms with Crippen LogP contribution in [0.2, 0.25) is 5.15 Å². The Morgan fingerprint density at radius 2 is 2.40 bits per heavy atom. The summed E-state index contributed by atoms with van der Waals surface area (Å²) < 4.78 is 0. The van der Waals surface area contributed by atoms with Crippen LogP contribution in [-0.4, -0.2) is 12.0 Å². The van der Waals surface area contributed by atoms with E-state index in [1.165, 1.54) is 0 Å². The van der Waals surface area contributed by atoms with Crippen molar-refractivity contribution < 1.29 is 0 Å². The molecular weight excluding hydrogens is 210 g/mol. The zero-order valence-corrected chi connectivity index (χ0v) is 9.30. The summed E-state index contributed by atoms with van der Waals surface area (Å²) >= 11 is 5.94. The molecule has 1 aromatic heterocycles. The van der Waals surface area contributed by atoms with Crippen LogP contribution in [-0.2, 0) is 6.54 Å². The standard InChI is InChI=1S/C11H12ClN3/c1-14-6-8-4-10(12)15-11(7-2-3-7)9(8)5-13/h4,7,14H,2-3,6H2,1H3. The maximum absolute atomic E-state index is 9.13. The van der Waals surface area contributed by atoms with Gasteiger partial charge in [0.15, 0.2) is 0 Å². The molecule has 0 spiro atoms. The summed E-state index contributed by atoms with van der Waals surface area (Å²) in [7, 11) is 1.85. The van der Waals surface area contributed by atoms with Gasteiger partial charge in [-0.2, -0.15) is 5.26 Å². The Bertz CT molecular complexity index is 419. The molecule has 3 nitrogen and oxygen atoms in total. The van der Waals surface area contributed by atoms with Gasteiger partial charge < -0.3 is 5.32 Å². The Labute approximate surface area is 94.1 Å². The zero-order chi connectivity index (χ0) is 10.8. The Kier molecular flexibility index (Phi) is 2.90. The highest BCUT2D eigenvalue weighted by molar-refractivity contribution is 6.29. The molecule has 0 atom stereocenters. The van der Waals surface area contributed by atoms with Crippen molar-refractivity contribution in [2.24, 2.45) is 0 Å². The molecule has 0 bridgehead atoms. The maximum Gasteiger partial charge on any atom is 0.129 e. The molecule has 0 saturated heterocycles. The maximum atomic E-state index is 9.13. The molecule has 1 N–H and O–H groups in total. The Balaban J connectivity index is 2.48. The molecule has 2 rings (SSSR count). The van der Waals surface area contributed by atoms with Crippen LogP contribution in [0.1, 0.15) is 35.6 Å². The molecule has 0 amide bonds. The molecule has 1 saturated carbocycles. The third-order valence-corrected chi connectivity index (χ3v) is 2.73. The minimum absolute atomic E-state index is 0.453. The molecule has 1 aliphatic rings. The summed E-state index contributed by atoms with van der Waals surface area (Å²) in [6, 6.07) is 4.00. The van der Waals surface area contributed by atoms with Gasteiger partial charge in [-0.1, -0.05) is 11.6 Å². The van der Waals surface area contributed by atoms with E-state index in [-0.39, 0.29) is 0 Å². The predicted octanol–water partition coefficient (Wildman–Crippen LogP) is 2.20. The highest BCUT2D eigenvalue weighted by Crippen LogP contribution is 2.41. The molecule has 0 aromatic carbocycles. The number of nitriles is 1. The van der Waals surface area contributed by atoms with Crippen LogP contribution in [0, 0.1) is 11.3 Å². The van der Waals surface area contributed by atoms with Crippen LogP contribution >= 0.6 is 11.6 Å². The number of hydrogen-bond acceptors (Lipinski definition) is 3. The van der Waals surface area contributed by atoms with E-state index in [4.69, 9.17) is 16.9 Å². The molecule has 1 aromatic rings. The quantitative estimate of drug-likeness (QED) is 0.797. The van der Waals surface area contributed by atoms with E-state index in [1.807, 2.05) is 7.05 Å². The van der Waals surface area contributed by atoms with Gasteiger partial charge in [-0.3, -0.25) is 0 Å². The van der Waals surface area contributed by atoms with Gasteiger partial charge in [0.05, 0.1) is 11.3 Å². The molecular formula is C11H12ClN3. The van der Waals surface area contributed by atoms with E-state index in [1.54, 1.807) is 6.07 Å². The number of halogens is 1. The number of nitrogens with one attached hydrogen (secondary N) is 1. The van der Waals surface area contributed by atoms with Crippen LogP contribution < -0.4 is 5.32 Å². The first-order valence-corrected chi connectivity index (χ1v) is 5.38. The fraction of sp³-hybridized carbons (Fsp3) is 0.455. The average Bonchev–Trinajstić information content (AvgIpc) is 3.00. The van der Waals surface area contributed by atoms with Gasteiger partial charge in [-0.05, 0) is 31.5 Å². The van der Waals surface area contributed by atoms with Crippen LogP contribution in [0.5, 0.6) is 0 Å². The molecule has 78 valence electrons. The van der Waals surface area contributed by atoms with Gasteiger partial charge in [-0.25, -0.2) is 4.98 Å². The lowest BCUT2D eigenvalue weighted by molar-refractivity contribution is 0.808. The van der Waals surface area contributed by atoms with Gasteiger partial charge >= 0.3 is 0 Å². The highest BCUT2D eigenvalue weighted by Gasteiger charge is 2.29. The van der Waals surface area contributed by atoms with Crippen molar-refractivity contribution in [3.63, 3.8) is 0 Å². The SMILES string of the molecule is CNCc1cc(Cl)nc(C2CC2)c1C#N. The van der Waals surface area contributed by atoms with Crippen molar-refractivity contribution in [2.75, 3.05) is 7.05 Å². The summed E-state index contributed by atoms with van der Waals surface area (Å²) in [5, 5.41) is 12.7. The average molecular weight is 222 g/mol. The molecule has 1 heterocycles. The molecule has 4 heteroatoms. The van der Waals surface area contributed by atoms with Gasteiger partial charge in [0.1, 0.15) is 11.2 Å². The number of aromatic nitrogens is 1. The minimum atomic E-state index is 0.453. The molecule has 15 heavy (non-hydrogen) atoms. The van der Waals surface area contributed by atoms with Crippen molar-refractivity contribution >= 4 is 11.6 Å². The van der Waals surface area contributed by atoms with Crippen LogP contribution in [0.3, 0.4) is 0 Å². The summed E-state index contributed by atoms with van der Waals surface area (Å²) in [4.78, 5) is 4.26. The third-order valence-electron chi connectivity index (χ3n) is 2.54. The fourth-order valence-electron chi connectivity index (χ4n) is 1.69. The van der Waals surface area contributed by atoms with Gasteiger partial charge in [0.25, 0.3) is 0 Å². The van der Waals surface area contributed by atoms with E-state index >= 15 is 0 Å². The second kappa shape index (κ2) is 4.18. The lowest BCUT2D eigenvalue weighted by Crippen LogP contribution is -2.09. The fourth-order valence-corrected chi connectivity index (χ4v) is 1.92.